The van der Waals surface area contributed by atoms with Crippen LogP contribution in [-0.4, -0.2) is 28.5 Å². The Kier molecular flexibility index (Phi) is 3.43. The van der Waals surface area contributed by atoms with Gasteiger partial charge in [0.05, 0.1) is 16.1 Å². The van der Waals surface area contributed by atoms with E-state index in [1.807, 2.05) is 0 Å². The number of nitrogens with one attached hydrogen (secondary N) is 1. The number of carboxylic acids is 1. The van der Waals surface area contributed by atoms with Crippen LogP contribution in [0.4, 0.5) is 0 Å². The van der Waals surface area contributed by atoms with Crippen molar-refractivity contribution in [3.05, 3.63) is 41.0 Å². The molecule has 18 heavy (non-hydrogen) atoms. The van der Waals surface area contributed by atoms with Crippen molar-refractivity contribution in [3.63, 3.8) is 0 Å². The molecule has 2 rings (SSSR count). The van der Waals surface area contributed by atoms with Crippen LogP contribution in [0.1, 0.15) is 10.4 Å². The summed E-state index contributed by atoms with van der Waals surface area (Å²) in [6, 6.07) is 6.86. The van der Waals surface area contributed by atoms with E-state index < -0.39 is 18.4 Å². The molecule has 5 nitrogen and oxygen atoms in total. The molecule has 0 saturated carbocycles. The summed E-state index contributed by atoms with van der Waals surface area (Å²) in [5.41, 5.74) is 0.903. The fraction of sp³-hybridized carbons (Fsp3) is 0.0833. The van der Waals surface area contributed by atoms with Gasteiger partial charge in [-0.1, -0.05) is 23.7 Å². The third kappa shape index (κ3) is 2.57. The van der Waals surface area contributed by atoms with E-state index in [2.05, 4.69) is 10.3 Å². The van der Waals surface area contributed by atoms with Crippen LogP contribution in [0.5, 0.6) is 0 Å². The lowest BCUT2D eigenvalue weighted by molar-refractivity contribution is -0.135. The second-order valence-corrected chi connectivity index (χ2v) is 4.02. The lowest BCUT2D eigenvalue weighted by atomic mass is 10.1. The Morgan fingerprint density at radius 3 is 2.89 bits per heavy atom. The van der Waals surface area contributed by atoms with Crippen molar-refractivity contribution in [1.29, 1.82) is 0 Å². The van der Waals surface area contributed by atoms with Gasteiger partial charge in [0.25, 0.3) is 5.91 Å². The van der Waals surface area contributed by atoms with E-state index in [-0.39, 0.29) is 0 Å². The predicted octanol–water partition coefficient (Wildman–Crippen LogP) is 1.70. The number of carboxylic acid groups (broad SMARTS) is 1. The molecule has 0 radical (unpaired) electrons. The van der Waals surface area contributed by atoms with Gasteiger partial charge in [0.2, 0.25) is 0 Å². The fourth-order valence-electron chi connectivity index (χ4n) is 1.51. The average Bonchev–Trinajstić information content (AvgIpc) is 2.35. The molecule has 0 atom stereocenters. The number of benzene rings is 1. The molecular formula is C12H9ClN2O3. The number of carbonyl (C=O) groups is 2. The minimum atomic E-state index is -1.10. The smallest absolute Gasteiger partial charge is 0.322 e. The van der Waals surface area contributed by atoms with E-state index in [9.17, 15) is 9.59 Å². The van der Waals surface area contributed by atoms with E-state index in [0.717, 1.165) is 5.39 Å². The number of halogens is 1. The van der Waals surface area contributed by atoms with Crippen LogP contribution in [0.3, 0.4) is 0 Å². The van der Waals surface area contributed by atoms with Gasteiger partial charge in [-0.05, 0) is 12.1 Å². The quantitative estimate of drug-likeness (QED) is 0.884. The first-order valence-electron chi connectivity index (χ1n) is 5.12. The first-order valence-corrected chi connectivity index (χ1v) is 5.50. The monoisotopic (exact) mass is 264 g/mol. The summed E-state index contributed by atoms with van der Waals surface area (Å²) in [6.45, 7) is -0.424. The Morgan fingerprint density at radius 1 is 1.39 bits per heavy atom. The molecule has 6 heteroatoms. The normalized spacial score (nSPS) is 10.3. The Labute approximate surface area is 107 Å². The van der Waals surface area contributed by atoms with Crippen LogP contribution < -0.4 is 5.32 Å². The van der Waals surface area contributed by atoms with Crippen LogP contribution in [-0.2, 0) is 4.79 Å². The van der Waals surface area contributed by atoms with Crippen molar-refractivity contribution in [2.75, 3.05) is 6.54 Å². The van der Waals surface area contributed by atoms with Gasteiger partial charge >= 0.3 is 5.97 Å². The highest BCUT2D eigenvalue weighted by molar-refractivity contribution is 6.35. The maximum Gasteiger partial charge on any atom is 0.322 e. The molecule has 0 fully saturated rings. The number of fused-ring (bicyclic) bond motifs is 1. The van der Waals surface area contributed by atoms with Gasteiger partial charge in [-0.3, -0.25) is 14.6 Å². The van der Waals surface area contributed by atoms with Gasteiger partial charge in [-0.25, -0.2) is 0 Å². The van der Waals surface area contributed by atoms with Crippen molar-refractivity contribution in [1.82, 2.24) is 10.3 Å². The maximum atomic E-state index is 11.6. The molecule has 0 aliphatic rings. The van der Waals surface area contributed by atoms with Crippen LogP contribution in [0.15, 0.2) is 30.5 Å². The summed E-state index contributed by atoms with van der Waals surface area (Å²) >= 11 is 5.95. The second kappa shape index (κ2) is 5.01. The number of hydrogen-bond acceptors (Lipinski definition) is 3. The van der Waals surface area contributed by atoms with Crippen LogP contribution in [0.25, 0.3) is 10.9 Å². The van der Waals surface area contributed by atoms with Crippen molar-refractivity contribution < 1.29 is 14.7 Å². The zero-order valence-corrected chi connectivity index (χ0v) is 9.94. The van der Waals surface area contributed by atoms with Gasteiger partial charge in [0.1, 0.15) is 6.54 Å². The number of carbonyl (C=O) groups excluding carboxylic acids is 1. The summed E-state index contributed by atoms with van der Waals surface area (Å²) in [5, 5.41) is 12.0. The second-order valence-electron chi connectivity index (χ2n) is 3.61. The largest absolute Gasteiger partial charge is 0.480 e. The van der Waals surface area contributed by atoms with Gasteiger partial charge in [-0.2, -0.15) is 0 Å². The first-order chi connectivity index (χ1) is 8.58. The Morgan fingerprint density at radius 2 is 2.17 bits per heavy atom. The summed E-state index contributed by atoms with van der Waals surface area (Å²) in [6.07, 6.45) is 1.37. The third-order valence-electron chi connectivity index (χ3n) is 2.32. The van der Waals surface area contributed by atoms with E-state index in [1.54, 1.807) is 24.3 Å². The number of para-hydroxylation sites is 1. The summed E-state index contributed by atoms with van der Waals surface area (Å²) < 4.78 is 0. The van der Waals surface area contributed by atoms with Crippen molar-refractivity contribution >= 4 is 34.4 Å². The van der Waals surface area contributed by atoms with Gasteiger partial charge in [-0.15, -0.1) is 0 Å². The minimum Gasteiger partial charge on any atom is -0.480 e. The molecule has 0 spiro atoms. The highest BCUT2D eigenvalue weighted by atomic mass is 35.5. The topological polar surface area (TPSA) is 79.3 Å². The highest BCUT2D eigenvalue weighted by Gasteiger charge is 2.09. The van der Waals surface area contributed by atoms with Crippen LogP contribution in [0.2, 0.25) is 5.02 Å². The molecule has 2 N–H and O–H groups in total. The molecule has 1 aromatic carbocycles. The fourth-order valence-corrected chi connectivity index (χ4v) is 1.74. The lowest BCUT2D eigenvalue weighted by Crippen LogP contribution is -2.29. The summed E-state index contributed by atoms with van der Waals surface area (Å²) in [7, 11) is 0. The Bertz CT molecular complexity index is 628. The standard InChI is InChI=1S/C12H9ClN2O3/c13-9-3-1-2-7-4-8(5-14-11(7)9)12(18)15-6-10(16)17/h1-5H,6H2,(H,15,18)(H,16,17). The molecule has 0 bridgehead atoms. The molecule has 0 saturated heterocycles. The molecule has 2 aromatic rings. The van der Waals surface area contributed by atoms with Crippen molar-refractivity contribution in [2.24, 2.45) is 0 Å². The number of rotatable bonds is 3. The summed E-state index contributed by atoms with van der Waals surface area (Å²) in [5.74, 6) is -1.58. The van der Waals surface area contributed by atoms with E-state index >= 15 is 0 Å². The zero-order chi connectivity index (χ0) is 13.1. The third-order valence-corrected chi connectivity index (χ3v) is 2.63. The van der Waals surface area contributed by atoms with E-state index in [1.165, 1.54) is 6.20 Å². The SMILES string of the molecule is O=C(O)CNC(=O)c1cnc2c(Cl)cccc2c1. The Balaban J connectivity index is 2.30. The number of hydrogen-bond donors (Lipinski definition) is 2. The van der Waals surface area contributed by atoms with Crippen molar-refractivity contribution in [3.8, 4) is 0 Å². The molecule has 0 aliphatic heterocycles. The molecule has 1 amide bonds. The first kappa shape index (κ1) is 12.3. The van der Waals surface area contributed by atoms with Crippen LogP contribution in [0, 0.1) is 0 Å². The molecule has 1 aromatic heterocycles. The average molecular weight is 265 g/mol. The molecule has 1 heterocycles. The number of nitrogens with zero attached hydrogens (tertiary/aromatic N) is 1. The lowest BCUT2D eigenvalue weighted by Gasteiger charge is -2.04. The number of aromatic nitrogens is 1. The molecule has 0 unspecified atom stereocenters. The Hall–Kier alpha value is -2.14. The number of aliphatic carboxylic acids is 1. The number of pyridine rings is 1. The zero-order valence-electron chi connectivity index (χ0n) is 9.18. The highest BCUT2D eigenvalue weighted by Crippen LogP contribution is 2.21. The van der Waals surface area contributed by atoms with E-state index in [0.29, 0.717) is 16.1 Å². The van der Waals surface area contributed by atoms with Crippen LogP contribution >= 0.6 is 11.6 Å². The van der Waals surface area contributed by atoms with Gasteiger partial charge in [0, 0.05) is 11.6 Å². The summed E-state index contributed by atoms with van der Waals surface area (Å²) in [4.78, 5) is 26.1. The maximum absolute atomic E-state index is 11.6. The molecular weight excluding hydrogens is 256 g/mol. The van der Waals surface area contributed by atoms with Crippen molar-refractivity contribution in [2.45, 2.75) is 0 Å². The molecule has 0 aliphatic carbocycles. The molecule has 92 valence electrons. The number of amides is 1. The minimum absolute atomic E-state index is 0.297. The van der Waals surface area contributed by atoms with Gasteiger partial charge in [0.15, 0.2) is 0 Å². The predicted molar refractivity (Wildman–Crippen MR) is 66.7 cm³/mol. The van der Waals surface area contributed by atoms with Gasteiger partial charge < -0.3 is 10.4 Å². The van der Waals surface area contributed by atoms with E-state index in [4.69, 9.17) is 16.7 Å².